The molecule has 0 aliphatic carbocycles. The van der Waals surface area contributed by atoms with Gasteiger partial charge in [0.2, 0.25) is 5.91 Å². The van der Waals surface area contributed by atoms with Crippen LogP contribution >= 0.6 is 0 Å². The minimum absolute atomic E-state index is 0.146. The Labute approximate surface area is 121 Å². The molecular formula is C16H24N2O2. The van der Waals surface area contributed by atoms with E-state index in [-0.39, 0.29) is 5.91 Å². The zero-order valence-corrected chi connectivity index (χ0v) is 12.6. The van der Waals surface area contributed by atoms with Gasteiger partial charge in [-0.1, -0.05) is 19.1 Å². The number of para-hydroxylation sites is 2. The number of rotatable bonds is 4. The van der Waals surface area contributed by atoms with E-state index in [1.807, 2.05) is 30.0 Å². The van der Waals surface area contributed by atoms with Crippen LogP contribution in [0.4, 0.5) is 11.4 Å². The van der Waals surface area contributed by atoms with Gasteiger partial charge in [-0.25, -0.2) is 0 Å². The summed E-state index contributed by atoms with van der Waals surface area (Å²) in [6.45, 7) is 7.02. The second kappa shape index (κ2) is 6.75. The molecule has 1 heterocycles. The monoisotopic (exact) mass is 276 g/mol. The van der Waals surface area contributed by atoms with Gasteiger partial charge in [-0.3, -0.25) is 4.79 Å². The van der Waals surface area contributed by atoms with Gasteiger partial charge in [0, 0.05) is 26.7 Å². The van der Waals surface area contributed by atoms with Crippen molar-refractivity contribution in [2.45, 2.75) is 20.3 Å². The van der Waals surface area contributed by atoms with Crippen LogP contribution in [0.15, 0.2) is 24.3 Å². The fraction of sp³-hybridized carbons (Fsp3) is 0.562. The largest absolute Gasteiger partial charge is 0.381 e. The summed E-state index contributed by atoms with van der Waals surface area (Å²) in [6.07, 6.45) is 0.443. The number of hydrogen-bond acceptors (Lipinski definition) is 3. The number of benzene rings is 1. The van der Waals surface area contributed by atoms with Crippen molar-refractivity contribution < 1.29 is 9.53 Å². The lowest BCUT2D eigenvalue weighted by molar-refractivity contribution is -0.119. The van der Waals surface area contributed by atoms with E-state index < -0.39 is 0 Å². The zero-order valence-electron chi connectivity index (χ0n) is 12.6. The maximum absolute atomic E-state index is 12.5. The van der Waals surface area contributed by atoms with Crippen LogP contribution in [-0.4, -0.2) is 39.3 Å². The van der Waals surface area contributed by atoms with E-state index in [4.69, 9.17) is 4.74 Å². The molecule has 1 atom stereocenters. The van der Waals surface area contributed by atoms with Gasteiger partial charge in [0.15, 0.2) is 0 Å². The van der Waals surface area contributed by atoms with Crippen LogP contribution in [0.1, 0.15) is 20.3 Å². The molecular weight excluding hydrogens is 252 g/mol. The summed E-state index contributed by atoms with van der Waals surface area (Å²) < 4.78 is 5.30. The summed E-state index contributed by atoms with van der Waals surface area (Å²) >= 11 is 0. The predicted octanol–water partition coefficient (Wildman–Crippen LogP) is 2.53. The second-order valence-electron chi connectivity index (χ2n) is 5.43. The number of anilines is 2. The Morgan fingerprint density at radius 2 is 2.00 bits per heavy atom. The quantitative estimate of drug-likeness (QED) is 0.792. The van der Waals surface area contributed by atoms with Crippen LogP contribution < -0.4 is 9.80 Å². The van der Waals surface area contributed by atoms with Crippen molar-refractivity contribution in [3.63, 3.8) is 0 Å². The van der Waals surface area contributed by atoms with Crippen molar-refractivity contribution in [3.8, 4) is 0 Å². The van der Waals surface area contributed by atoms with Crippen LogP contribution in [0.3, 0.4) is 0 Å². The normalized spacial score (nSPS) is 18.6. The predicted molar refractivity (Wildman–Crippen MR) is 82.3 cm³/mol. The maximum Gasteiger partial charge on any atom is 0.229 e. The smallest absolute Gasteiger partial charge is 0.229 e. The number of nitrogens with zero attached hydrogens (tertiary/aromatic N) is 2. The molecule has 0 saturated heterocycles. The lowest BCUT2D eigenvalue weighted by Crippen LogP contribution is -2.35. The van der Waals surface area contributed by atoms with E-state index in [0.29, 0.717) is 25.6 Å². The molecule has 1 aliphatic rings. The molecule has 2 rings (SSSR count). The molecule has 1 aromatic carbocycles. The first kappa shape index (κ1) is 14.9. The molecule has 4 nitrogen and oxygen atoms in total. The van der Waals surface area contributed by atoms with Gasteiger partial charge in [-0.05, 0) is 25.0 Å². The number of hydrogen-bond donors (Lipinski definition) is 0. The SMILES string of the molecule is CCOCCC(=O)N1C[C@@H](C)CN(C)c2ccccc21. The van der Waals surface area contributed by atoms with Crippen LogP contribution in [0.2, 0.25) is 0 Å². The first-order chi connectivity index (χ1) is 9.63. The third-order valence-corrected chi connectivity index (χ3v) is 3.63. The van der Waals surface area contributed by atoms with Crippen LogP contribution in [0, 0.1) is 5.92 Å². The Kier molecular flexibility index (Phi) is 5.01. The summed E-state index contributed by atoms with van der Waals surface area (Å²) in [5.74, 6) is 0.594. The first-order valence-corrected chi connectivity index (χ1v) is 7.31. The van der Waals surface area contributed by atoms with E-state index >= 15 is 0 Å². The Balaban J connectivity index is 2.22. The molecule has 1 aliphatic heterocycles. The molecule has 0 aromatic heterocycles. The second-order valence-corrected chi connectivity index (χ2v) is 5.43. The van der Waals surface area contributed by atoms with Gasteiger partial charge in [0.05, 0.1) is 24.4 Å². The van der Waals surface area contributed by atoms with Crippen molar-refractivity contribution in [1.82, 2.24) is 0 Å². The number of amides is 1. The highest BCUT2D eigenvalue weighted by Gasteiger charge is 2.25. The Hall–Kier alpha value is -1.55. The summed E-state index contributed by atoms with van der Waals surface area (Å²) in [5.41, 5.74) is 2.14. The summed E-state index contributed by atoms with van der Waals surface area (Å²) in [6, 6.07) is 8.12. The Bertz CT molecular complexity index is 462. The molecule has 1 aromatic rings. The van der Waals surface area contributed by atoms with Gasteiger partial charge in [-0.15, -0.1) is 0 Å². The summed E-state index contributed by atoms with van der Waals surface area (Å²) in [7, 11) is 2.09. The number of carbonyl (C=O) groups excluding carboxylic acids is 1. The van der Waals surface area contributed by atoms with E-state index in [2.05, 4.69) is 24.9 Å². The first-order valence-electron chi connectivity index (χ1n) is 7.31. The number of ether oxygens (including phenoxy) is 1. The van der Waals surface area contributed by atoms with Gasteiger partial charge in [0.1, 0.15) is 0 Å². The van der Waals surface area contributed by atoms with Gasteiger partial charge in [-0.2, -0.15) is 0 Å². The minimum Gasteiger partial charge on any atom is -0.381 e. The van der Waals surface area contributed by atoms with Gasteiger partial charge in [0.25, 0.3) is 0 Å². The number of fused-ring (bicyclic) bond motifs is 1. The maximum atomic E-state index is 12.5. The Morgan fingerprint density at radius 1 is 1.30 bits per heavy atom. The van der Waals surface area contributed by atoms with E-state index in [9.17, 15) is 4.79 Å². The molecule has 0 radical (unpaired) electrons. The average Bonchev–Trinajstić information content (AvgIpc) is 2.56. The average molecular weight is 276 g/mol. The fourth-order valence-corrected chi connectivity index (χ4v) is 2.72. The molecule has 0 N–H and O–H groups in total. The molecule has 20 heavy (non-hydrogen) atoms. The molecule has 0 spiro atoms. The van der Waals surface area contributed by atoms with Crippen molar-refractivity contribution in [1.29, 1.82) is 0 Å². The van der Waals surface area contributed by atoms with Gasteiger partial charge < -0.3 is 14.5 Å². The lowest BCUT2D eigenvalue weighted by Gasteiger charge is -2.24. The minimum atomic E-state index is 0.146. The topological polar surface area (TPSA) is 32.8 Å². The van der Waals surface area contributed by atoms with Crippen molar-refractivity contribution >= 4 is 17.3 Å². The molecule has 0 saturated carbocycles. The van der Waals surface area contributed by atoms with E-state index in [0.717, 1.165) is 24.5 Å². The summed E-state index contributed by atoms with van der Waals surface area (Å²) in [5, 5.41) is 0. The highest BCUT2D eigenvalue weighted by Crippen LogP contribution is 2.32. The van der Waals surface area contributed by atoms with E-state index in [1.54, 1.807) is 0 Å². The molecule has 0 unspecified atom stereocenters. The molecule has 4 heteroatoms. The third-order valence-electron chi connectivity index (χ3n) is 3.63. The van der Waals surface area contributed by atoms with Crippen LogP contribution in [-0.2, 0) is 9.53 Å². The number of carbonyl (C=O) groups is 1. The van der Waals surface area contributed by atoms with Crippen molar-refractivity contribution in [2.24, 2.45) is 5.92 Å². The molecule has 1 amide bonds. The highest BCUT2D eigenvalue weighted by molar-refractivity contribution is 5.97. The van der Waals surface area contributed by atoms with E-state index in [1.165, 1.54) is 0 Å². The third kappa shape index (κ3) is 3.31. The fourth-order valence-electron chi connectivity index (χ4n) is 2.72. The highest BCUT2D eigenvalue weighted by atomic mass is 16.5. The molecule has 110 valence electrons. The standard InChI is InChI=1S/C16H24N2O2/c1-4-20-10-9-16(19)18-12-13(2)11-17(3)14-7-5-6-8-15(14)18/h5-8,13H,4,9-12H2,1-3H3/t13-/m0/s1. The Morgan fingerprint density at radius 3 is 2.70 bits per heavy atom. The van der Waals surface area contributed by atoms with Gasteiger partial charge >= 0.3 is 0 Å². The van der Waals surface area contributed by atoms with Crippen molar-refractivity contribution in [3.05, 3.63) is 24.3 Å². The summed E-state index contributed by atoms with van der Waals surface area (Å²) in [4.78, 5) is 16.6. The lowest BCUT2D eigenvalue weighted by atomic mass is 10.1. The zero-order chi connectivity index (χ0) is 14.5. The van der Waals surface area contributed by atoms with Crippen molar-refractivity contribution in [2.75, 3.05) is 43.2 Å². The van der Waals surface area contributed by atoms with Crippen LogP contribution in [0.5, 0.6) is 0 Å². The molecule has 0 fully saturated rings. The molecule has 0 bridgehead atoms. The van der Waals surface area contributed by atoms with Crippen LogP contribution in [0.25, 0.3) is 0 Å².